The number of benzene rings is 7. The van der Waals surface area contributed by atoms with Crippen molar-refractivity contribution in [1.29, 1.82) is 0 Å². The Morgan fingerprint density at radius 3 is 1.97 bits per heavy atom. The van der Waals surface area contributed by atoms with E-state index in [9.17, 15) is 0 Å². The van der Waals surface area contributed by atoms with Crippen LogP contribution in [0.3, 0.4) is 0 Å². The van der Waals surface area contributed by atoms with Gasteiger partial charge in [-0.25, -0.2) is 0 Å². The highest BCUT2D eigenvalue weighted by Gasteiger charge is 2.36. The normalized spacial score (nSPS) is 14.2. The lowest BCUT2D eigenvalue weighted by Crippen LogP contribution is -2.15. The zero-order valence-electron chi connectivity index (χ0n) is 19.9. The average Bonchev–Trinajstić information content (AvgIpc) is 3.14. The van der Waals surface area contributed by atoms with Crippen LogP contribution in [0.4, 0.5) is 0 Å². The molecule has 8 rings (SSSR count). The fourth-order valence-corrected chi connectivity index (χ4v) is 6.78. The van der Waals surface area contributed by atoms with Crippen LogP contribution in [-0.2, 0) is 5.41 Å². The van der Waals surface area contributed by atoms with Crippen LogP contribution in [0.2, 0.25) is 0 Å². The largest absolute Gasteiger partial charge is 0.0619 e. The van der Waals surface area contributed by atoms with Gasteiger partial charge in [0.15, 0.2) is 0 Å². The van der Waals surface area contributed by atoms with E-state index >= 15 is 0 Å². The molecule has 0 heterocycles. The molecule has 35 heavy (non-hydrogen) atoms. The minimum absolute atomic E-state index is 0.0000480. The Labute approximate surface area is 204 Å². The third-order valence-corrected chi connectivity index (χ3v) is 8.38. The number of fused-ring (bicyclic) bond motifs is 5. The molecule has 0 atom stereocenters. The van der Waals surface area contributed by atoms with Gasteiger partial charge in [0.25, 0.3) is 0 Å². The van der Waals surface area contributed by atoms with Gasteiger partial charge in [-0.05, 0) is 82.5 Å². The maximum Gasteiger partial charge on any atom is 0.0165 e. The maximum absolute atomic E-state index is 2.39. The highest BCUT2D eigenvalue weighted by atomic mass is 14.4. The predicted molar refractivity (Wildman–Crippen MR) is 151 cm³/mol. The molecule has 1 aliphatic carbocycles. The van der Waals surface area contributed by atoms with Crippen molar-refractivity contribution in [3.8, 4) is 22.3 Å². The molecule has 0 nitrogen and oxygen atoms in total. The maximum atomic E-state index is 2.39. The fourth-order valence-electron chi connectivity index (χ4n) is 6.78. The Hall–Kier alpha value is -4.16. The zero-order valence-corrected chi connectivity index (χ0v) is 19.9. The monoisotopic (exact) mass is 444 g/mol. The quantitative estimate of drug-likeness (QED) is 0.221. The molecule has 7 aromatic rings. The van der Waals surface area contributed by atoms with Gasteiger partial charge in [-0.1, -0.05) is 117 Å². The Bertz CT molecular complexity index is 1950. The average molecular weight is 445 g/mol. The first-order valence-electron chi connectivity index (χ1n) is 12.5. The van der Waals surface area contributed by atoms with E-state index in [4.69, 9.17) is 0 Å². The second kappa shape index (κ2) is 6.49. The van der Waals surface area contributed by atoms with E-state index in [1.54, 1.807) is 0 Å². The van der Waals surface area contributed by atoms with Gasteiger partial charge in [0.1, 0.15) is 0 Å². The van der Waals surface area contributed by atoms with Gasteiger partial charge in [0.05, 0.1) is 0 Å². The molecular formula is C35H24. The summed E-state index contributed by atoms with van der Waals surface area (Å²) >= 11 is 0. The lowest BCUT2D eigenvalue weighted by Gasteiger charge is -2.23. The van der Waals surface area contributed by atoms with Crippen molar-refractivity contribution in [3.05, 3.63) is 120 Å². The van der Waals surface area contributed by atoms with Crippen LogP contribution in [0, 0.1) is 0 Å². The smallest absolute Gasteiger partial charge is 0.0165 e. The molecule has 0 aliphatic heterocycles. The van der Waals surface area contributed by atoms with Gasteiger partial charge in [-0.2, -0.15) is 0 Å². The van der Waals surface area contributed by atoms with Gasteiger partial charge >= 0.3 is 0 Å². The second-order valence-electron chi connectivity index (χ2n) is 10.6. The SMILES string of the molecule is CC1(C)c2ccccc2-c2ccc3cc(-c4ccc5ccc6cccc7ccc4c5c67)ccc3c21. The van der Waals surface area contributed by atoms with Gasteiger partial charge in [-0.15, -0.1) is 0 Å². The summed E-state index contributed by atoms with van der Waals surface area (Å²) in [6, 6.07) is 40.9. The molecule has 0 saturated heterocycles. The first-order valence-corrected chi connectivity index (χ1v) is 12.5. The van der Waals surface area contributed by atoms with Crippen molar-refractivity contribution in [2.75, 3.05) is 0 Å². The summed E-state index contributed by atoms with van der Waals surface area (Å²) in [6.45, 7) is 4.73. The molecule has 0 aromatic heterocycles. The fraction of sp³-hybridized carbons (Fsp3) is 0.0857. The molecule has 0 saturated carbocycles. The van der Waals surface area contributed by atoms with Crippen LogP contribution in [0.25, 0.3) is 65.3 Å². The minimum atomic E-state index is -0.0000480. The Morgan fingerprint density at radius 2 is 1.11 bits per heavy atom. The second-order valence-corrected chi connectivity index (χ2v) is 10.6. The summed E-state index contributed by atoms with van der Waals surface area (Å²) in [5, 5.41) is 10.7. The molecule has 0 bridgehead atoms. The van der Waals surface area contributed by atoms with E-state index in [1.165, 1.54) is 76.5 Å². The predicted octanol–water partition coefficient (Wildman–Crippen LogP) is 9.71. The minimum Gasteiger partial charge on any atom is -0.0619 e. The molecule has 7 aromatic carbocycles. The molecule has 0 unspecified atom stereocenters. The van der Waals surface area contributed by atoms with Crippen LogP contribution in [-0.4, -0.2) is 0 Å². The zero-order chi connectivity index (χ0) is 23.3. The molecule has 0 N–H and O–H groups in total. The van der Waals surface area contributed by atoms with Crippen LogP contribution in [0.1, 0.15) is 25.0 Å². The topological polar surface area (TPSA) is 0 Å². The van der Waals surface area contributed by atoms with Gasteiger partial charge in [0.2, 0.25) is 0 Å². The molecule has 164 valence electrons. The molecule has 1 aliphatic rings. The van der Waals surface area contributed by atoms with Crippen molar-refractivity contribution in [2.24, 2.45) is 0 Å². The molecular weight excluding hydrogens is 420 g/mol. The summed E-state index contributed by atoms with van der Waals surface area (Å²) in [7, 11) is 0. The molecule has 0 radical (unpaired) electrons. The van der Waals surface area contributed by atoms with Crippen LogP contribution < -0.4 is 0 Å². The third kappa shape index (κ3) is 2.42. The van der Waals surface area contributed by atoms with Crippen molar-refractivity contribution >= 4 is 43.1 Å². The first-order chi connectivity index (χ1) is 17.1. The third-order valence-electron chi connectivity index (χ3n) is 8.38. The van der Waals surface area contributed by atoms with Crippen molar-refractivity contribution in [3.63, 3.8) is 0 Å². The highest BCUT2D eigenvalue weighted by Crippen LogP contribution is 2.51. The molecule has 0 fully saturated rings. The van der Waals surface area contributed by atoms with Crippen LogP contribution in [0.5, 0.6) is 0 Å². The van der Waals surface area contributed by atoms with E-state index < -0.39 is 0 Å². The lowest BCUT2D eigenvalue weighted by atomic mass is 9.80. The summed E-state index contributed by atoms with van der Waals surface area (Å²) in [6.07, 6.45) is 0. The summed E-state index contributed by atoms with van der Waals surface area (Å²) in [5.74, 6) is 0. The van der Waals surface area contributed by atoms with E-state index in [0.717, 1.165) is 0 Å². The number of hydrogen-bond donors (Lipinski definition) is 0. The van der Waals surface area contributed by atoms with Crippen LogP contribution >= 0.6 is 0 Å². The molecule has 0 heteroatoms. The molecule has 0 spiro atoms. The van der Waals surface area contributed by atoms with Gasteiger partial charge < -0.3 is 0 Å². The Morgan fingerprint density at radius 1 is 0.457 bits per heavy atom. The van der Waals surface area contributed by atoms with Gasteiger partial charge in [0, 0.05) is 5.41 Å². The van der Waals surface area contributed by atoms with Gasteiger partial charge in [-0.3, -0.25) is 0 Å². The van der Waals surface area contributed by atoms with Crippen LogP contribution in [0.15, 0.2) is 109 Å². The summed E-state index contributed by atoms with van der Waals surface area (Å²) in [4.78, 5) is 0. The lowest BCUT2D eigenvalue weighted by molar-refractivity contribution is 0.666. The Balaban J connectivity index is 1.39. The van der Waals surface area contributed by atoms with E-state index in [0.29, 0.717) is 0 Å². The van der Waals surface area contributed by atoms with Crippen molar-refractivity contribution < 1.29 is 0 Å². The number of hydrogen-bond acceptors (Lipinski definition) is 0. The molecule has 0 amide bonds. The van der Waals surface area contributed by atoms with E-state index in [-0.39, 0.29) is 5.41 Å². The first kappa shape index (κ1) is 19.2. The standard InChI is InChI=1S/C35H24/c1-35(2)31-9-4-3-8-28(31)30-19-15-25-20-24(14-17-27(25)34(30)35)26-16-12-23-11-10-21-6-5-7-22-13-18-29(26)33(23)32(21)22/h3-20H,1-2H3. The van der Waals surface area contributed by atoms with Crippen molar-refractivity contribution in [1.82, 2.24) is 0 Å². The van der Waals surface area contributed by atoms with E-state index in [1.807, 2.05) is 0 Å². The summed E-state index contributed by atoms with van der Waals surface area (Å²) in [5.41, 5.74) is 8.24. The highest BCUT2D eigenvalue weighted by molar-refractivity contribution is 6.25. The van der Waals surface area contributed by atoms with Crippen molar-refractivity contribution in [2.45, 2.75) is 19.3 Å². The van der Waals surface area contributed by atoms with E-state index in [2.05, 4.69) is 123 Å². The number of rotatable bonds is 1. The Kier molecular flexibility index (Phi) is 3.56. The summed E-state index contributed by atoms with van der Waals surface area (Å²) < 4.78 is 0.